The number of nitrogens with one attached hydrogen (secondary N) is 1. The Kier molecular flexibility index (Phi) is 6.37. The fourth-order valence-electron chi connectivity index (χ4n) is 4.49. The van der Waals surface area contributed by atoms with Crippen LogP contribution in [-0.4, -0.2) is 50.5 Å². The smallest absolute Gasteiger partial charge is 0.243 e. The van der Waals surface area contributed by atoms with Crippen LogP contribution in [0.3, 0.4) is 0 Å². The van der Waals surface area contributed by atoms with Crippen LogP contribution in [0.15, 0.2) is 29.3 Å². The van der Waals surface area contributed by atoms with Crippen molar-refractivity contribution in [1.29, 1.82) is 0 Å². The lowest BCUT2D eigenvalue weighted by Crippen LogP contribution is -2.34. The molecule has 0 atom stereocenters. The molecule has 7 heteroatoms. The summed E-state index contributed by atoms with van der Waals surface area (Å²) in [6.45, 7) is 5.14. The van der Waals surface area contributed by atoms with Crippen LogP contribution in [0.2, 0.25) is 0 Å². The highest BCUT2D eigenvalue weighted by Gasteiger charge is 2.28. The molecule has 0 radical (unpaired) electrons. The summed E-state index contributed by atoms with van der Waals surface area (Å²) in [7, 11) is -3.58. The zero-order valence-electron chi connectivity index (χ0n) is 17.2. The average molecular weight is 418 g/mol. The third-order valence-corrected chi connectivity index (χ3v) is 8.06. The van der Waals surface area contributed by atoms with Crippen LogP contribution in [-0.2, 0) is 10.0 Å². The van der Waals surface area contributed by atoms with Gasteiger partial charge in [0, 0.05) is 36.6 Å². The molecule has 158 valence electrons. The summed E-state index contributed by atoms with van der Waals surface area (Å²) >= 11 is 0. The zero-order chi connectivity index (χ0) is 20.3. The highest BCUT2D eigenvalue weighted by molar-refractivity contribution is 7.89. The average Bonchev–Trinajstić information content (AvgIpc) is 3.04. The Morgan fingerprint density at radius 2 is 1.97 bits per heavy atom. The molecule has 0 amide bonds. The van der Waals surface area contributed by atoms with Crippen LogP contribution in [0.1, 0.15) is 44.1 Å². The Morgan fingerprint density at radius 1 is 1.14 bits per heavy atom. The van der Waals surface area contributed by atoms with Gasteiger partial charge in [-0.2, -0.15) is 4.31 Å². The number of benzene rings is 1. The van der Waals surface area contributed by atoms with Crippen molar-refractivity contribution in [3.63, 3.8) is 0 Å². The second-order valence-electron chi connectivity index (χ2n) is 8.25. The molecule has 1 saturated heterocycles. The monoisotopic (exact) mass is 417 g/mol. The lowest BCUT2D eigenvalue weighted by atomic mass is 9.90. The van der Waals surface area contributed by atoms with Gasteiger partial charge in [0.1, 0.15) is 0 Å². The molecule has 1 saturated carbocycles. The van der Waals surface area contributed by atoms with Crippen LogP contribution >= 0.6 is 0 Å². The van der Waals surface area contributed by atoms with Crippen LogP contribution in [0.4, 0.5) is 0 Å². The molecule has 29 heavy (non-hydrogen) atoms. The van der Waals surface area contributed by atoms with E-state index in [1.807, 2.05) is 13.0 Å². The number of aromatic nitrogens is 1. The molecule has 4 rings (SSSR count). The van der Waals surface area contributed by atoms with Crippen molar-refractivity contribution in [1.82, 2.24) is 14.6 Å². The van der Waals surface area contributed by atoms with Gasteiger partial charge in [0.05, 0.1) is 11.5 Å². The number of rotatable bonds is 5. The van der Waals surface area contributed by atoms with Gasteiger partial charge in [-0.05, 0) is 56.3 Å². The predicted octanol–water partition coefficient (Wildman–Crippen LogP) is 3.49. The maximum atomic E-state index is 13.5. The molecule has 2 fully saturated rings. The standard InChI is InChI=1S/C22H31N3O3S/c1-17-15-24-22(28-16-18-7-3-2-4-8-18)19-9-5-10-20(21(17)19)29(26,27)25-13-6-11-23-12-14-25/h5,9-10,15,18,23H,2-4,6-8,11-14,16H2,1H3. The van der Waals surface area contributed by atoms with E-state index in [-0.39, 0.29) is 0 Å². The molecule has 2 aromatic rings. The highest BCUT2D eigenvalue weighted by Crippen LogP contribution is 2.34. The SMILES string of the molecule is Cc1cnc(OCC2CCCCC2)c2cccc(S(=O)(=O)N3CCCNCC3)c12. The Hall–Kier alpha value is -1.70. The van der Waals surface area contributed by atoms with E-state index in [1.165, 1.54) is 32.1 Å². The summed E-state index contributed by atoms with van der Waals surface area (Å²) in [4.78, 5) is 4.86. The number of aryl methyl sites for hydroxylation is 1. The first kappa shape index (κ1) is 20.6. The van der Waals surface area contributed by atoms with E-state index in [0.717, 1.165) is 29.3 Å². The Balaban J connectivity index is 1.68. The number of fused-ring (bicyclic) bond motifs is 1. The molecule has 2 aliphatic rings. The van der Waals surface area contributed by atoms with Gasteiger partial charge >= 0.3 is 0 Å². The molecule has 1 aliphatic heterocycles. The Bertz CT molecular complexity index is 947. The summed E-state index contributed by atoms with van der Waals surface area (Å²) in [6.07, 6.45) is 8.81. The van der Waals surface area contributed by atoms with Gasteiger partial charge < -0.3 is 10.1 Å². The van der Waals surface area contributed by atoms with Gasteiger partial charge in [-0.25, -0.2) is 13.4 Å². The van der Waals surface area contributed by atoms with Crippen LogP contribution in [0, 0.1) is 12.8 Å². The number of pyridine rings is 1. The van der Waals surface area contributed by atoms with Gasteiger partial charge in [-0.3, -0.25) is 0 Å². The maximum absolute atomic E-state index is 13.5. The quantitative estimate of drug-likeness (QED) is 0.806. The minimum Gasteiger partial charge on any atom is -0.477 e. The third-order valence-electron chi connectivity index (χ3n) is 6.12. The van der Waals surface area contributed by atoms with E-state index < -0.39 is 10.0 Å². The van der Waals surface area contributed by atoms with Crippen molar-refractivity contribution < 1.29 is 13.2 Å². The van der Waals surface area contributed by atoms with Gasteiger partial charge in [-0.1, -0.05) is 25.3 Å². The highest BCUT2D eigenvalue weighted by atomic mass is 32.2. The molecular weight excluding hydrogens is 386 g/mol. The maximum Gasteiger partial charge on any atom is 0.243 e. The first-order valence-electron chi connectivity index (χ1n) is 10.8. The van der Waals surface area contributed by atoms with E-state index >= 15 is 0 Å². The van der Waals surface area contributed by atoms with E-state index in [0.29, 0.717) is 42.9 Å². The molecule has 1 N–H and O–H groups in total. The molecule has 0 unspecified atom stereocenters. The van der Waals surface area contributed by atoms with E-state index in [2.05, 4.69) is 10.3 Å². The number of hydrogen-bond donors (Lipinski definition) is 1. The summed E-state index contributed by atoms with van der Waals surface area (Å²) < 4.78 is 34.6. The van der Waals surface area contributed by atoms with E-state index in [9.17, 15) is 8.42 Å². The van der Waals surface area contributed by atoms with Gasteiger partial charge in [-0.15, -0.1) is 0 Å². The van der Waals surface area contributed by atoms with Gasteiger partial charge in [0.15, 0.2) is 0 Å². The lowest BCUT2D eigenvalue weighted by molar-refractivity contribution is 0.205. The number of sulfonamides is 1. The fourth-order valence-corrected chi connectivity index (χ4v) is 6.25. The van der Waals surface area contributed by atoms with Crippen molar-refractivity contribution >= 4 is 20.8 Å². The summed E-state index contributed by atoms with van der Waals surface area (Å²) in [5.41, 5.74) is 0.858. The predicted molar refractivity (Wildman–Crippen MR) is 115 cm³/mol. The normalized spacial score (nSPS) is 19.9. The first-order valence-corrected chi connectivity index (χ1v) is 12.2. The second-order valence-corrected chi connectivity index (χ2v) is 10.2. The van der Waals surface area contributed by atoms with Crippen LogP contribution < -0.4 is 10.1 Å². The first-order chi connectivity index (χ1) is 14.1. The molecule has 1 aromatic carbocycles. The van der Waals surface area contributed by atoms with Crippen molar-refractivity contribution in [2.24, 2.45) is 5.92 Å². The minimum absolute atomic E-state index is 0.360. The van der Waals surface area contributed by atoms with Gasteiger partial charge in [0.2, 0.25) is 15.9 Å². The molecule has 6 nitrogen and oxygen atoms in total. The second kappa shape index (κ2) is 8.98. The molecule has 1 aliphatic carbocycles. The van der Waals surface area contributed by atoms with Crippen molar-refractivity contribution in [3.8, 4) is 5.88 Å². The molecule has 1 aromatic heterocycles. The fraction of sp³-hybridized carbons (Fsp3) is 0.591. The number of nitrogens with zero attached hydrogens (tertiary/aromatic N) is 2. The van der Waals surface area contributed by atoms with E-state index in [1.54, 1.807) is 22.6 Å². The molecule has 0 bridgehead atoms. The van der Waals surface area contributed by atoms with Crippen molar-refractivity contribution in [2.45, 2.75) is 50.3 Å². The Morgan fingerprint density at radius 3 is 2.79 bits per heavy atom. The minimum atomic E-state index is -3.58. The number of ether oxygens (including phenoxy) is 1. The third kappa shape index (κ3) is 4.42. The van der Waals surface area contributed by atoms with Crippen molar-refractivity contribution in [2.75, 3.05) is 32.8 Å². The zero-order valence-corrected chi connectivity index (χ0v) is 18.0. The summed E-state index contributed by atoms with van der Waals surface area (Å²) in [5, 5.41) is 4.79. The van der Waals surface area contributed by atoms with E-state index in [4.69, 9.17) is 4.74 Å². The summed E-state index contributed by atoms with van der Waals surface area (Å²) in [6, 6.07) is 5.45. The van der Waals surface area contributed by atoms with Crippen LogP contribution in [0.25, 0.3) is 10.8 Å². The molecule has 0 spiro atoms. The number of hydrogen-bond acceptors (Lipinski definition) is 5. The largest absolute Gasteiger partial charge is 0.477 e. The Labute approximate surface area is 173 Å². The molecular formula is C22H31N3O3S. The lowest BCUT2D eigenvalue weighted by Gasteiger charge is -2.23. The van der Waals surface area contributed by atoms with Crippen LogP contribution in [0.5, 0.6) is 5.88 Å². The summed E-state index contributed by atoms with van der Waals surface area (Å²) in [5.74, 6) is 1.11. The molecule has 2 heterocycles. The van der Waals surface area contributed by atoms with Gasteiger partial charge in [0.25, 0.3) is 0 Å². The topological polar surface area (TPSA) is 71.5 Å². The van der Waals surface area contributed by atoms with Crippen molar-refractivity contribution in [3.05, 3.63) is 30.0 Å².